The van der Waals surface area contributed by atoms with Gasteiger partial charge in [-0.1, -0.05) is 32.0 Å². The highest BCUT2D eigenvalue weighted by atomic mass is 32.2. The van der Waals surface area contributed by atoms with E-state index in [1.165, 1.54) is 12.1 Å². The molecule has 220 valence electrons. The third kappa shape index (κ3) is 6.89. The quantitative estimate of drug-likeness (QED) is 0.402. The Kier molecular flexibility index (Phi) is 9.62. The van der Waals surface area contributed by atoms with Gasteiger partial charge in [-0.2, -0.15) is 13.2 Å². The number of aliphatic hydroxyl groups excluding tert-OH is 1. The monoisotopic (exact) mass is 580 g/mol. The second-order valence-electron chi connectivity index (χ2n) is 11.0. The number of nitrogens with one attached hydrogen (secondary N) is 1. The lowest BCUT2D eigenvalue weighted by molar-refractivity contribution is -0.184. The average molecular weight is 581 g/mol. The first-order valence-corrected chi connectivity index (χ1v) is 15.8. The minimum Gasteiger partial charge on any atom is -0.394 e. The Labute approximate surface area is 234 Å². The first kappa shape index (κ1) is 30.5. The Morgan fingerprint density at radius 2 is 1.75 bits per heavy atom. The zero-order valence-corrected chi connectivity index (χ0v) is 23.9. The summed E-state index contributed by atoms with van der Waals surface area (Å²) in [5, 5.41) is 12.8. The molecule has 1 saturated carbocycles. The lowest BCUT2D eigenvalue weighted by atomic mass is 9.80. The molecule has 1 aliphatic carbocycles. The Morgan fingerprint density at radius 1 is 1.07 bits per heavy atom. The molecule has 1 aliphatic heterocycles. The molecule has 2 atom stereocenters. The highest BCUT2D eigenvalue weighted by Gasteiger charge is 2.42. The molecule has 0 spiro atoms. The summed E-state index contributed by atoms with van der Waals surface area (Å²) in [5.74, 6) is -1.24. The maximum absolute atomic E-state index is 13.1. The topological polar surface area (TPSA) is 86.7 Å². The molecule has 1 fully saturated rings. The van der Waals surface area contributed by atoms with Gasteiger partial charge in [-0.3, -0.25) is 9.69 Å². The van der Waals surface area contributed by atoms with Gasteiger partial charge in [-0.05, 0) is 85.4 Å². The number of hydrogen-bond donors (Lipinski definition) is 2. The molecule has 6 nitrogen and oxygen atoms in total. The maximum atomic E-state index is 13.1. The molecular formula is C30H39F3N2O4S. The molecule has 2 aromatic carbocycles. The van der Waals surface area contributed by atoms with Crippen molar-refractivity contribution >= 4 is 15.7 Å². The van der Waals surface area contributed by atoms with Crippen molar-refractivity contribution in [1.82, 2.24) is 10.2 Å². The molecule has 10 heteroatoms. The van der Waals surface area contributed by atoms with Crippen molar-refractivity contribution in [1.29, 1.82) is 0 Å². The number of hydrogen-bond acceptors (Lipinski definition) is 5. The number of sulfone groups is 1. The summed E-state index contributed by atoms with van der Waals surface area (Å²) in [6.45, 7) is 4.93. The normalized spacial score (nSPS) is 22.9. The average Bonchev–Trinajstić information content (AvgIpc) is 2.95. The third-order valence-electron chi connectivity index (χ3n) is 8.57. The molecule has 4 rings (SSSR count). The Hall–Kier alpha value is -2.43. The zero-order chi connectivity index (χ0) is 29.1. The predicted molar refractivity (Wildman–Crippen MR) is 148 cm³/mol. The Balaban J connectivity index is 1.41. The fraction of sp³-hybridized carbons (Fsp3) is 0.567. The number of nitrogens with zero attached hydrogens (tertiary/aromatic N) is 1. The number of aliphatic hydroxyl groups is 1. The van der Waals surface area contributed by atoms with Gasteiger partial charge in [0.25, 0.3) is 5.91 Å². The van der Waals surface area contributed by atoms with Crippen LogP contribution in [0.1, 0.15) is 85.1 Å². The smallest absolute Gasteiger partial charge is 0.391 e. The van der Waals surface area contributed by atoms with E-state index in [2.05, 4.69) is 17.1 Å². The number of amides is 1. The second-order valence-corrected chi connectivity index (χ2v) is 13.3. The van der Waals surface area contributed by atoms with Crippen molar-refractivity contribution in [3.05, 3.63) is 64.7 Å². The van der Waals surface area contributed by atoms with E-state index in [1.807, 2.05) is 12.1 Å². The minimum absolute atomic E-state index is 0.00947. The first-order valence-electron chi connectivity index (χ1n) is 14.1. The van der Waals surface area contributed by atoms with Crippen LogP contribution < -0.4 is 5.32 Å². The van der Waals surface area contributed by atoms with E-state index < -0.39 is 28.0 Å². The van der Waals surface area contributed by atoms with Crippen molar-refractivity contribution in [2.24, 2.45) is 11.8 Å². The first-order chi connectivity index (χ1) is 19.0. The molecule has 2 aromatic rings. The van der Waals surface area contributed by atoms with E-state index in [-0.39, 0.29) is 48.0 Å². The number of rotatable bonds is 9. The lowest BCUT2D eigenvalue weighted by Gasteiger charge is -2.40. The summed E-state index contributed by atoms with van der Waals surface area (Å²) < 4.78 is 63.4. The summed E-state index contributed by atoms with van der Waals surface area (Å²) in [4.78, 5) is 15.7. The van der Waals surface area contributed by atoms with Gasteiger partial charge in [0.1, 0.15) is 0 Å². The second kappa shape index (κ2) is 12.6. The van der Waals surface area contributed by atoms with Crippen molar-refractivity contribution < 1.29 is 31.5 Å². The van der Waals surface area contributed by atoms with Crippen LogP contribution in [0.3, 0.4) is 0 Å². The van der Waals surface area contributed by atoms with Crippen LogP contribution in [0.5, 0.6) is 0 Å². The largest absolute Gasteiger partial charge is 0.394 e. The van der Waals surface area contributed by atoms with Crippen LogP contribution in [0, 0.1) is 11.8 Å². The summed E-state index contributed by atoms with van der Waals surface area (Å²) in [6.07, 6.45) is -0.840. The molecule has 0 bridgehead atoms. The van der Waals surface area contributed by atoms with Crippen LogP contribution >= 0.6 is 0 Å². The van der Waals surface area contributed by atoms with Gasteiger partial charge in [0.05, 0.1) is 29.2 Å². The van der Waals surface area contributed by atoms with Crippen LogP contribution in [0.4, 0.5) is 13.2 Å². The summed E-state index contributed by atoms with van der Waals surface area (Å²) in [7, 11) is -3.34. The van der Waals surface area contributed by atoms with Crippen molar-refractivity contribution in [3.63, 3.8) is 0 Å². The molecule has 1 heterocycles. The molecule has 40 heavy (non-hydrogen) atoms. The standard InChI is InChI=1S/C30H39F3N2O4S/c1-3-28-26-14-9-23(29(37)34-27(19-36)21-7-12-25(13-8-21)40(38,39)4-2)17-22(26)15-16-35(28)18-20-5-10-24(11-6-20)30(31,32)33/h7-9,12-14,17,20,24,27-28,36H,3-6,10-11,15-16,18-19H2,1-2H3,(H,34,37)/t20-,24-,27?,28-/m1/s1. The van der Waals surface area contributed by atoms with E-state index in [4.69, 9.17) is 0 Å². The lowest BCUT2D eigenvalue weighted by Crippen LogP contribution is -2.40. The molecule has 0 radical (unpaired) electrons. The predicted octanol–water partition coefficient (Wildman–Crippen LogP) is 5.62. The highest BCUT2D eigenvalue weighted by Crippen LogP contribution is 2.41. The van der Waals surface area contributed by atoms with E-state index in [0.29, 0.717) is 24.0 Å². The molecule has 0 saturated heterocycles. The van der Waals surface area contributed by atoms with Crippen LogP contribution in [0.25, 0.3) is 0 Å². The maximum Gasteiger partial charge on any atom is 0.391 e. The van der Waals surface area contributed by atoms with Gasteiger partial charge in [-0.15, -0.1) is 0 Å². The van der Waals surface area contributed by atoms with Crippen LogP contribution in [0.2, 0.25) is 0 Å². The van der Waals surface area contributed by atoms with Gasteiger partial charge in [0, 0.05) is 24.7 Å². The zero-order valence-electron chi connectivity index (χ0n) is 23.1. The van der Waals surface area contributed by atoms with Gasteiger partial charge >= 0.3 is 6.18 Å². The van der Waals surface area contributed by atoms with E-state index in [9.17, 15) is 31.5 Å². The van der Waals surface area contributed by atoms with Crippen molar-refractivity contribution in [2.45, 2.75) is 75.5 Å². The molecule has 2 N–H and O–H groups in total. The van der Waals surface area contributed by atoms with Crippen LogP contribution in [0.15, 0.2) is 47.4 Å². The van der Waals surface area contributed by atoms with Gasteiger partial charge < -0.3 is 10.4 Å². The Morgan fingerprint density at radius 3 is 2.33 bits per heavy atom. The number of fused-ring (bicyclic) bond motifs is 1. The van der Waals surface area contributed by atoms with Crippen molar-refractivity contribution in [2.75, 3.05) is 25.4 Å². The van der Waals surface area contributed by atoms with E-state index in [1.54, 1.807) is 25.1 Å². The summed E-state index contributed by atoms with van der Waals surface area (Å²) in [5.41, 5.74) is 3.33. The van der Waals surface area contributed by atoms with E-state index >= 15 is 0 Å². The molecule has 1 amide bonds. The van der Waals surface area contributed by atoms with Crippen molar-refractivity contribution in [3.8, 4) is 0 Å². The van der Waals surface area contributed by atoms with E-state index in [0.717, 1.165) is 37.1 Å². The third-order valence-corrected chi connectivity index (χ3v) is 10.3. The van der Waals surface area contributed by atoms with Crippen LogP contribution in [-0.2, 0) is 16.3 Å². The number of carbonyl (C=O) groups is 1. The number of halogens is 3. The van der Waals surface area contributed by atoms with Crippen LogP contribution in [-0.4, -0.2) is 56.0 Å². The SMILES string of the molecule is CC[C@@H]1c2ccc(C(=O)NC(CO)c3ccc(S(=O)(=O)CC)cc3)cc2CCN1C[C@H]1CC[C@H](C(F)(F)F)CC1. The summed E-state index contributed by atoms with van der Waals surface area (Å²) in [6, 6.07) is 11.3. The van der Waals surface area contributed by atoms with Gasteiger partial charge in [0.15, 0.2) is 9.84 Å². The highest BCUT2D eigenvalue weighted by molar-refractivity contribution is 7.91. The molecular weight excluding hydrogens is 541 g/mol. The van der Waals surface area contributed by atoms with Gasteiger partial charge in [-0.25, -0.2) is 8.42 Å². The fourth-order valence-electron chi connectivity index (χ4n) is 6.16. The molecule has 2 aliphatic rings. The summed E-state index contributed by atoms with van der Waals surface area (Å²) >= 11 is 0. The number of carbonyl (C=O) groups excluding carboxylic acids is 1. The molecule has 1 unspecified atom stereocenters. The number of benzene rings is 2. The molecule has 0 aromatic heterocycles. The Bertz CT molecular complexity index is 1270. The number of alkyl halides is 3. The fourth-order valence-corrected chi connectivity index (χ4v) is 7.04. The minimum atomic E-state index is -4.09. The van der Waals surface area contributed by atoms with Gasteiger partial charge in [0.2, 0.25) is 0 Å².